The van der Waals surface area contributed by atoms with Crippen LogP contribution in [-0.2, 0) is 19.2 Å². The summed E-state index contributed by atoms with van der Waals surface area (Å²) < 4.78 is 0. The van der Waals surface area contributed by atoms with E-state index in [0.717, 1.165) is 11.3 Å². The van der Waals surface area contributed by atoms with E-state index < -0.39 is 34.6 Å². The number of anilines is 1. The van der Waals surface area contributed by atoms with E-state index in [1.54, 1.807) is 0 Å². The monoisotopic (exact) mass is 431 g/mol. The molecule has 3 N–H and O–H groups in total. The van der Waals surface area contributed by atoms with Gasteiger partial charge in [-0.05, 0) is 0 Å². The number of thiazole rings is 1. The molecular formula is C15H14N5NaO5S2. The average molecular weight is 431 g/mol. The molecule has 3 atom stereocenters. The molecule has 2 fully saturated rings. The molecule has 2 aliphatic rings. The number of nitrogens with two attached hydrogens (primary N) is 1. The van der Waals surface area contributed by atoms with Crippen molar-refractivity contribution in [1.29, 1.82) is 0 Å². The Morgan fingerprint density at radius 2 is 2.32 bits per heavy atom. The largest absolute Gasteiger partial charge is 1.00 e. The van der Waals surface area contributed by atoms with Gasteiger partial charge in [0.15, 0.2) is 10.8 Å². The van der Waals surface area contributed by atoms with Crippen LogP contribution in [0.1, 0.15) is 5.69 Å². The maximum absolute atomic E-state index is 12.5. The Kier molecular flexibility index (Phi) is 7.00. The molecule has 1 aromatic rings. The van der Waals surface area contributed by atoms with Crippen molar-refractivity contribution in [2.45, 2.75) is 11.4 Å². The summed E-state index contributed by atoms with van der Waals surface area (Å²) in [6.07, 6.45) is 5.33. The molecule has 0 saturated carbocycles. The Morgan fingerprint density at radius 1 is 1.61 bits per heavy atom. The summed E-state index contributed by atoms with van der Waals surface area (Å²) in [4.78, 5) is 46.3. The molecule has 2 saturated heterocycles. The van der Waals surface area contributed by atoms with Crippen molar-refractivity contribution in [2.75, 3.05) is 25.1 Å². The predicted molar refractivity (Wildman–Crippen MR) is 96.2 cm³/mol. The number of β-lactam (4-membered cyclic amide) rings is 1. The molecule has 3 rings (SSSR count). The summed E-state index contributed by atoms with van der Waals surface area (Å²) >= 11 is 2.30. The summed E-state index contributed by atoms with van der Waals surface area (Å²) in [6.45, 7) is -0.156. The summed E-state index contributed by atoms with van der Waals surface area (Å²) in [6, 6.07) is -0.835. The van der Waals surface area contributed by atoms with Gasteiger partial charge in [0.1, 0.15) is 24.2 Å². The number of aliphatic carboxylic acids is 1. The minimum atomic E-state index is -1.54. The first kappa shape index (κ1) is 22.5. The number of fused-ring (bicyclic) bond motifs is 1. The Bertz CT molecular complexity index is 884. The smallest absolute Gasteiger partial charge is 0.548 e. The standard InChI is InChI=1S/C15H15N5O5S2.Na/c1-3-15(13(23)24)5-20-11(22)9(12(20)27-6-15)18-10(21)8(19-25-2)7-4-26-14(16)17-7;/h1,4,9,12H,5-6H2,2H3,(H2,16,17)(H,18,21)(H,23,24);/q;+1/p-1/t9?,12-,15?;/m1./s1. The van der Waals surface area contributed by atoms with Crippen molar-refractivity contribution >= 4 is 51.7 Å². The predicted octanol–water partition coefficient (Wildman–Crippen LogP) is -5.15. The average Bonchev–Trinajstić information content (AvgIpc) is 3.08. The van der Waals surface area contributed by atoms with E-state index in [9.17, 15) is 19.5 Å². The zero-order chi connectivity index (χ0) is 19.8. The number of nitrogens with one attached hydrogen (secondary N) is 1. The van der Waals surface area contributed by atoms with Crippen LogP contribution in [0, 0.1) is 17.8 Å². The number of oxime groups is 1. The van der Waals surface area contributed by atoms with Gasteiger partial charge < -0.3 is 30.7 Å². The van der Waals surface area contributed by atoms with Crippen LogP contribution >= 0.6 is 23.1 Å². The normalized spacial score (nSPS) is 26.2. The topological polar surface area (TPSA) is 150 Å². The summed E-state index contributed by atoms with van der Waals surface area (Å²) in [5.41, 5.74) is 4.14. The maximum atomic E-state index is 12.5. The number of hydrogen-bond acceptors (Lipinski definition) is 10. The van der Waals surface area contributed by atoms with Crippen LogP contribution < -0.4 is 45.7 Å². The third kappa shape index (κ3) is 3.85. The number of carboxylic acid groups (broad SMARTS) is 1. The fourth-order valence-electron chi connectivity index (χ4n) is 2.75. The van der Waals surface area contributed by atoms with Crippen molar-refractivity contribution in [3.05, 3.63) is 11.1 Å². The quantitative estimate of drug-likeness (QED) is 0.154. The first-order valence-electron chi connectivity index (χ1n) is 7.57. The zero-order valence-electron chi connectivity index (χ0n) is 15.0. The van der Waals surface area contributed by atoms with E-state index in [-0.39, 0.29) is 58.4 Å². The van der Waals surface area contributed by atoms with Crippen LogP contribution in [0.2, 0.25) is 0 Å². The molecule has 3 heterocycles. The van der Waals surface area contributed by atoms with E-state index in [0.29, 0.717) is 0 Å². The van der Waals surface area contributed by atoms with Gasteiger partial charge in [-0.1, -0.05) is 11.1 Å². The third-order valence-electron chi connectivity index (χ3n) is 4.20. The van der Waals surface area contributed by atoms with Crippen molar-refractivity contribution in [2.24, 2.45) is 10.6 Å². The third-order valence-corrected chi connectivity index (χ3v) is 6.40. The SMILES string of the molecule is C#CC1(C(=O)[O-])CS[C@@H]2C(NC(=O)C(=NOC)c3csc(N)n3)C(=O)N2C1.[Na+]. The zero-order valence-corrected chi connectivity index (χ0v) is 18.6. The van der Waals surface area contributed by atoms with E-state index in [4.69, 9.17) is 12.2 Å². The number of carboxylic acids is 1. The molecular weight excluding hydrogens is 417 g/mol. The first-order valence-corrected chi connectivity index (χ1v) is 9.50. The molecule has 2 unspecified atom stereocenters. The second kappa shape index (κ2) is 8.71. The van der Waals surface area contributed by atoms with Crippen LogP contribution in [0.5, 0.6) is 0 Å². The number of aromatic nitrogens is 1. The molecule has 1 aromatic heterocycles. The van der Waals surface area contributed by atoms with Crippen LogP contribution in [-0.4, -0.2) is 64.2 Å². The van der Waals surface area contributed by atoms with Crippen molar-refractivity contribution in [3.8, 4) is 12.3 Å². The van der Waals surface area contributed by atoms with E-state index >= 15 is 0 Å². The summed E-state index contributed by atoms with van der Waals surface area (Å²) in [5, 5.41) is 19.0. The number of terminal acetylenes is 1. The number of carbonyl (C=O) groups is 3. The van der Waals surface area contributed by atoms with E-state index in [1.165, 1.54) is 29.2 Å². The Morgan fingerprint density at radius 3 is 2.86 bits per heavy atom. The van der Waals surface area contributed by atoms with Crippen molar-refractivity contribution in [1.82, 2.24) is 15.2 Å². The van der Waals surface area contributed by atoms with Gasteiger partial charge in [-0.3, -0.25) is 9.59 Å². The molecule has 0 spiro atoms. The van der Waals surface area contributed by atoms with Gasteiger partial charge in [0.2, 0.25) is 5.91 Å². The van der Waals surface area contributed by atoms with Gasteiger partial charge in [-0.15, -0.1) is 29.5 Å². The van der Waals surface area contributed by atoms with Gasteiger partial charge in [-0.25, -0.2) is 4.98 Å². The fraction of sp³-hybridized carbons (Fsp3) is 0.400. The minimum absolute atomic E-state index is 0. The second-order valence-corrected chi connectivity index (χ2v) is 7.82. The van der Waals surface area contributed by atoms with E-state index in [2.05, 4.69) is 26.2 Å². The number of hydrogen-bond donors (Lipinski definition) is 2. The minimum Gasteiger partial charge on any atom is -0.548 e. The molecule has 13 heteroatoms. The molecule has 2 amide bonds. The van der Waals surface area contributed by atoms with Crippen LogP contribution in [0.15, 0.2) is 10.5 Å². The molecule has 2 aliphatic heterocycles. The number of amides is 2. The molecule has 142 valence electrons. The summed E-state index contributed by atoms with van der Waals surface area (Å²) in [5.74, 6) is -0.193. The second-order valence-electron chi connectivity index (χ2n) is 5.83. The van der Waals surface area contributed by atoms with Gasteiger partial charge >= 0.3 is 29.6 Å². The van der Waals surface area contributed by atoms with Gasteiger partial charge in [0.25, 0.3) is 5.91 Å². The van der Waals surface area contributed by atoms with Gasteiger partial charge in [0.05, 0.1) is 11.4 Å². The fourth-order valence-corrected chi connectivity index (χ4v) is 4.78. The molecule has 28 heavy (non-hydrogen) atoms. The van der Waals surface area contributed by atoms with Gasteiger partial charge in [0, 0.05) is 17.7 Å². The van der Waals surface area contributed by atoms with E-state index in [1.807, 2.05) is 0 Å². The van der Waals surface area contributed by atoms with Gasteiger partial charge in [-0.2, -0.15) is 0 Å². The van der Waals surface area contributed by atoms with Crippen LogP contribution in [0.25, 0.3) is 0 Å². The molecule has 0 bridgehead atoms. The van der Waals surface area contributed by atoms with Crippen molar-refractivity contribution < 1.29 is 53.9 Å². The van der Waals surface area contributed by atoms with Crippen molar-refractivity contribution in [3.63, 3.8) is 0 Å². The molecule has 10 nitrogen and oxygen atoms in total. The Balaban J connectivity index is 0.00000280. The number of nitrogen functional groups attached to an aromatic ring is 1. The number of thioether (sulfide) groups is 1. The molecule has 0 radical (unpaired) electrons. The maximum Gasteiger partial charge on any atom is 1.00 e. The number of carbonyl (C=O) groups excluding carboxylic acids is 3. The first-order chi connectivity index (χ1) is 12.8. The Hall–Kier alpha value is -1.78. The molecule has 0 aromatic carbocycles. The Labute approximate surface area is 190 Å². The number of nitrogens with zero attached hydrogens (tertiary/aromatic N) is 3. The van der Waals surface area contributed by atoms with Crippen LogP contribution in [0.4, 0.5) is 5.13 Å². The molecule has 0 aliphatic carbocycles. The number of rotatable bonds is 5. The van der Waals surface area contributed by atoms with Crippen LogP contribution in [0.3, 0.4) is 0 Å². The summed E-state index contributed by atoms with van der Waals surface area (Å²) in [7, 11) is 1.27.